The van der Waals surface area contributed by atoms with Gasteiger partial charge in [-0.3, -0.25) is 4.79 Å². The summed E-state index contributed by atoms with van der Waals surface area (Å²) in [6, 6.07) is 19.1. The molecule has 0 heterocycles. The lowest BCUT2D eigenvalue weighted by atomic mass is 9.84. The van der Waals surface area contributed by atoms with Gasteiger partial charge in [0.15, 0.2) is 5.78 Å². The molecular formula is C31H35NO4. The molecule has 0 bridgehead atoms. The summed E-state index contributed by atoms with van der Waals surface area (Å²) >= 11 is 0. The first-order chi connectivity index (χ1) is 17.2. The standard InChI is InChI=1S/C31H35NO4/c1-8-15-36-25-13-14-29(28(19-25)30(33)23-11-9-22(10-12-23)21(2)3)32-20-31(4,5)24-16-26(34-6)18-27(17-24)35-7/h1,9-14,16-19,21,32H,15,20H2,2-7H3. The molecule has 0 aliphatic carbocycles. The van der Waals surface area contributed by atoms with Gasteiger partial charge >= 0.3 is 0 Å². The monoisotopic (exact) mass is 485 g/mol. The van der Waals surface area contributed by atoms with E-state index in [9.17, 15) is 4.79 Å². The van der Waals surface area contributed by atoms with E-state index in [1.165, 1.54) is 5.56 Å². The van der Waals surface area contributed by atoms with Crippen molar-refractivity contribution in [2.24, 2.45) is 0 Å². The molecule has 0 atom stereocenters. The normalized spacial score (nSPS) is 11.1. The summed E-state index contributed by atoms with van der Waals surface area (Å²) in [6.07, 6.45) is 5.35. The minimum Gasteiger partial charge on any atom is -0.497 e. The van der Waals surface area contributed by atoms with Crippen LogP contribution in [0, 0.1) is 12.3 Å². The van der Waals surface area contributed by atoms with Crippen LogP contribution in [0.2, 0.25) is 0 Å². The molecule has 0 spiro atoms. The summed E-state index contributed by atoms with van der Waals surface area (Å²) in [7, 11) is 3.28. The summed E-state index contributed by atoms with van der Waals surface area (Å²) in [5, 5.41) is 3.49. The Morgan fingerprint density at radius 1 is 0.944 bits per heavy atom. The van der Waals surface area contributed by atoms with Gasteiger partial charge in [0.1, 0.15) is 23.9 Å². The number of hydrogen-bond donors (Lipinski definition) is 1. The summed E-state index contributed by atoms with van der Waals surface area (Å²) in [5.74, 6) is 4.79. The number of nitrogens with one attached hydrogen (secondary N) is 1. The largest absolute Gasteiger partial charge is 0.497 e. The Morgan fingerprint density at radius 3 is 2.14 bits per heavy atom. The quantitative estimate of drug-likeness (QED) is 0.250. The van der Waals surface area contributed by atoms with Crippen molar-refractivity contribution in [3.05, 3.63) is 82.9 Å². The van der Waals surface area contributed by atoms with Gasteiger partial charge in [-0.15, -0.1) is 6.42 Å². The highest BCUT2D eigenvalue weighted by Crippen LogP contribution is 2.33. The average molecular weight is 486 g/mol. The van der Waals surface area contributed by atoms with E-state index in [0.29, 0.717) is 29.3 Å². The third-order valence-electron chi connectivity index (χ3n) is 6.25. The van der Waals surface area contributed by atoms with Crippen molar-refractivity contribution in [1.82, 2.24) is 0 Å². The van der Waals surface area contributed by atoms with Crippen LogP contribution in [-0.4, -0.2) is 33.2 Å². The van der Waals surface area contributed by atoms with Crippen molar-refractivity contribution < 1.29 is 19.0 Å². The van der Waals surface area contributed by atoms with E-state index >= 15 is 0 Å². The minimum atomic E-state index is -0.292. The van der Waals surface area contributed by atoms with Gasteiger partial charge in [0, 0.05) is 34.8 Å². The fourth-order valence-corrected chi connectivity index (χ4v) is 3.87. The van der Waals surface area contributed by atoms with E-state index in [2.05, 4.69) is 38.9 Å². The molecule has 3 rings (SSSR count). The van der Waals surface area contributed by atoms with Gasteiger partial charge in [0.2, 0.25) is 0 Å². The van der Waals surface area contributed by atoms with Crippen LogP contribution in [0.15, 0.2) is 60.7 Å². The first kappa shape index (κ1) is 26.7. The number of methoxy groups -OCH3 is 2. The van der Waals surface area contributed by atoms with Crippen LogP contribution in [0.25, 0.3) is 0 Å². The molecule has 5 nitrogen and oxygen atoms in total. The van der Waals surface area contributed by atoms with Gasteiger partial charge in [0.25, 0.3) is 0 Å². The maximum absolute atomic E-state index is 13.6. The molecule has 0 saturated heterocycles. The molecule has 0 unspecified atom stereocenters. The highest BCUT2D eigenvalue weighted by atomic mass is 16.5. The molecule has 0 radical (unpaired) electrons. The topological polar surface area (TPSA) is 56.8 Å². The summed E-state index contributed by atoms with van der Waals surface area (Å²) in [5.41, 5.74) is 3.82. The predicted octanol–water partition coefficient (Wildman–Crippen LogP) is 6.46. The molecule has 0 amide bonds. The summed E-state index contributed by atoms with van der Waals surface area (Å²) in [6.45, 7) is 9.22. The Hall–Kier alpha value is -3.91. The first-order valence-corrected chi connectivity index (χ1v) is 12.0. The number of hydrogen-bond acceptors (Lipinski definition) is 5. The lowest BCUT2D eigenvalue weighted by Gasteiger charge is -2.28. The molecule has 3 aromatic carbocycles. The van der Waals surface area contributed by atoms with E-state index in [1.807, 2.05) is 54.6 Å². The molecule has 0 fully saturated rings. The zero-order chi connectivity index (χ0) is 26.3. The Morgan fingerprint density at radius 2 is 1.58 bits per heavy atom. The van der Waals surface area contributed by atoms with Gasteiger partial charge in [0.05, 0.1) is 14.2 Å². The molecule has 0 aromatic heterocycles. The van der Waals surface area contributed by atoms with E-state index < -0.39 is 0 Å². The fraction of sp³-hybridized carbons (Fsp3) is 0.323. The zero-order valence-electron chi connectivity index (χ0n) is 22.0. The third kappa shape index (κ3) is 6.40. The summed E-state index contributed by atoms with van der Waals surface area (Å²) < 4.78 is 16.5. The third-order valence-corrected chi connectivity index (χ3v) is 6.25. The molecular weight excluding hydrogens is 450 g/mol. The van der Waals surface area contributed by atoms with Crippen LogP contribution < -0.4 is 19.5 Å². The average Bonchev–Trinajstić information content (AvgIpc) is 2.90. The molecule has 5 heteroatoms. The second kappa shape index (κ2) is 11.7. The first-order valence-electron chi connectivity index (χ1n) is 12.0. The Kier molecular flexibility index (Phi) is 8.66. The van der Waals surface area contributed by atoms with Gasteiger partial charge in [-0.2, -0.15) is 0 Å². The Labute approximate surface area is 214 Å². The highest BCUT2D eigenvalue weighted by Gasteiger charge is 2.24. The number of ketones is 1. The van der Waals surface area contributed by atoms with Crippen LogP contribution in [0.4, 0.5) is 5.69 Å². The van der Waals surface area contributed by atoms with Crippen LogP contribution in [0.3, 0.4) is 0 Å². The molecule has 188 valence electrons. The van der Waals surface area contributed by atoms with Crippen molar-refractivity contribution >= 4 is 11.5 Å². The lowest BCUT2D eigenvalue weighted by molar-refractivity contribution is 0.103. The number of ether oxygens (including phenoxy) is 3. The van der Waals surface area contributed by atoms with Crippen LogP contribution >= 0.6 is 0 Å². The maximum Gasteiger partial charge on any atom is 0.195 e. The van der Waals surface area contributed by atoms with E-state index in [0.717, 1.165) is 22.7 Å². The Balaban J connectivity index is 1.92. The number of carbonyl (C=O) groups is 1. The molecule has 0 aliphatic heterocycles. The minimum absolute atomic E-state index is 0.0835. The molecule has 0 saturated carbocycles. The van der Waals surface area contributed by atoms with Crippen LogP contribution in [-0.2, 0) is 5.41 Å². The number of benzene rings is 3. The van der Waals surface area contributed by atoms with E-state index in [1.54, 1.807) is 20.3 Å². The van der Waals surface area contributed by atoms with Crippen LogP contribution in [0.1, 0.15) is 60.7 Å². The molecule has 36 heavy (non-hydrogen) atoms. The SMILES string of the molecule is C#CCOc1ccc(NCC(C)(C)c2cc(OC)cc(OC)c2)c(C(=O)c2ccc(C(C)C)cc2)c1. The molecule has 0 aliphatic rings. The number of carbonyl (C=O) groups excluding carboxylic acids is 1. The summed E-state index contributed by atoms with van der Waals surface area (Å²) in [4.78, 5) is 13.6. The molecule has 1 N–H and O–H groups in total. The van der Waals surface area contributed by atoms with E-state index in [-0.39, 0.29) is 17.8 Å². The van der Waals surface area contributed by atoms with Crippen molar-refractivity contribution in [3.8, 4) is 29.6 Å². The van der Waals surface area contributed by atoms with Gasteiger partial charge in [-0.1, -0.05) is 57.9 Å². The predicted molar refractivity (Wildman–Crippen MR) is 146 cm³/mol. The lowest BCUT2D eigenvalue weighted by Crippen LogP contribution is -2.28. The number of anilines is 1. The number of terminal acetylenes is 1. The molecule has 3 aromatic rings. The van der Waals surface area contributed by atoms with Gasteiger partial charge < -0.3 is 19.5 Å². The van der Waals surface area contributed by atoms with Crippen molar-refractivity contribution in [1.29, 1.82) is 0 Å². The maximum atomic E-state index is 13.6. The second-order valence-corrected chi connectivity index (χ2v) is 9.64. The second-order valence-electron chi connectivity index (χ2n) is 9.64. The Bertz CT molecular complexity index is 1210. The van der Waals surface area contributed by atoms with Gasteiger partial charge in [-0.05, 0) is 47.4 Å². The number of rotatable bonds is 11. The van der Waals surface area contributed by atoms with Gasteiger partial charge in [-0.25, -0.2) is 0 Å². The zero-order valence-corrected chi connectivity index (χ0v) is 22.0. The van der Waals surface area contributed by atoms with Crippen molar-refractivity contribution in [2.75, 3.05) is 32.7 Å². The highest BCUT2D eigenvalue weighted by molar-refractivity contribution is 6.12. The fourth-order valence-electron chi connectivity index (χ4n) is 3.87. The van der Waals surface area contributed by atoms with Crippen molar-refractivity contribution in [3.63, 3.8) is 0 Å². The van der Waals surface area contributed by atoms with Crippen molar-refractivity contribution in [2.45, 2.75) is 39.0 Å². The smallest absolute Gasteiger partial charge is 0.195 e. The van der Waals surface area contributed by atoms with E-state index in [4.69, 9.17) is 20.6 Å². The van der Waals surface area contributed by atoms with Crippen LogP contribution in [0.5, 0.6) is 17.2 Å².